The summed E-state index contributed by atoms with van der Waals surface area (Å²) >= 11 is 1.78. The third-order valence-electron chi connectivity index (χ3n) is 6.39. The van der Waals surface area contributed by atoms with E-state index in [0.29, 0.717) is 0 Å². The lowest BCUT2D eigenvalue weighted by Gasteiger charge is -2.37. The van der Waals surface area contributed by atoms with E-state index in [1.54, 1.807) is 18.4 Å². The molecule has 1 aromatic heterocycles. The summed E-state index contributed by atoms with van der Waals surface area (Å²) in [6.45, 7) is 5.13. The minimum atomic E-state index is 0. The van der Waals surface area contributed by atoms with Crippen LogP contribution in [-0.4, -0.2) is 44.7 Å². The highest BCUT2D eigenvalue weighted by molar-refractivity contribution is 7.10. The number of ether oxygens (including phenoxy) is 2. The Bertz CT molecular complexity index is 1180. The topological polar surface area (TPSA) is 24.9 Å². The monoisotopic (exact) mass is 530 g/mol. The maximum Gasteiger partial charge on any atom is 0.142 e. The number of thiophene rings is 1. The molecular weight excluding hydrogens is 499 g/mol. The molecule has 2 heterocycles. The van der Waals surface area contributed by atoms with E-state index in [4.69, 9.17) is 9.47 Å². The quantitative estimate of drug-likeness (QED) is 0.243. The Labute approximate surface area is 224 Å². The Morgan fingerprint density at radius 3 is 2.29 bits per heavy atom. The Balaban J connectivity index is 0.00000171. The van der Waals surface area contributed by atoms with Gasteiger partial charge in [-0.2, -0.15) is 0 Å². The van der Waals surface area contributed by atoms with E-state index in [9.17, 15) is 0 Å². The average Bonchev–Trinajstić information content (AvgIpc) is 3.42. The van der Waals surface area contributed by atoms with Crippen molar-refractivity contribution in [3.63, 3.8) is 0 Å². The lowest BCUT2D eigenvalue weighted by molar-refractivity contribution is 0.164. The number of anilines is 1. The molecule has 0 radical (unpaired) electrons. The molecule has 0 aliphatic carbocycles. The maximum atomic E-state index is 6.64. The second kappa shape index (κ2) is 13.0. The SMILES string of the molecule is COc1ccccc1N1CCN(CCC(Oc2cccc3ccccc23)c2cccs2)CC1.Cl.Cl. The molecule has 1 aliphatic rings. The predicted octanol–water partition coefficient (Wildman–Crippen LogP) is 7.09. The minimum Gasteiger partial charge on any atom is -0.495 e. The largest absolute Gasteiger partial charge is 0.495 e. The zero-order chi connectivity index (χ0) is 22.5. The highest BCUT2D eigenvalue weighted by Gasteiger charge is 2.22. The van der Waals surface area contributed by atoms with Gasteiger partial charge in [0.05, 0.1) is 12.8 Å². The minimum absolute atomic E-state index is 0. The molecule has 1 saturated heterocycles. The summed E-state index contributed by atoms with van der Waals surface area (Å²) in [5.41, 5.74) is 1.19. The van der Waals surface area contributed by atoms with Gasteiger partial charge >= 0.3 is 0 Å². The predicted molar refractivity (Wildman–Crippen MR) is 152 cm³/mol. The first-order valence-electron chi connectivity index (χ1n) is 11.6. The lowest BCUT2D eigenvalue weighted by atomic mass is 10.1. The van der Waals surface area contributed by atoms with Crippen LogP contribution < -0.4 is 14.4 Å². The maximum absolute atomic E-state index is 6.64. The number of fused-ring (bicyclic) bond motifs is 1. The summed E-state index contributed by atoms with van der Waals surface area (Å²) in [4.78, 5) is 6.27. The first kappa shape index (κ1) is 27.2. The molecule has 0 saturated carbocycles. The van der Waals surface area contributed by atoms with E-state index in [1.165, 1.54) is 21.3 Å². The molecule has 4 aromatic rings. The van der Waals surface area contributed by atoms with Crippen molar-refractivity contribution in [3.8, 4) is 11.5 Å². The zero-order valence-corrected chi connectivity index (χ0v) is 22.3. The molecule has 1 fully saturated rings. The summed E-state index contributed by atoms with van der Waals surface area (Å²) in [6.07, 6.45) is 1.03. The first-order chi connectivity index (χ1) is 16.3. The number of hydrogen-bond donors (Lipinski definition) is 0. The molecular formula is C28H32Cl2N2O2S. The Morgan fingerprint density at radius 2 is 1.51 bits per heavy atom. The number of hydrogen-bond acceptors (Lipinski definition) is 5. The zero-order valence-electron chi connectivity index (χ0n) is 19.8. The normalized spacial score (nSPS) is 14.6. The third-order valence-corrected chi connectivity index (χ3v) is 7.35. The fraction of sp³-hybridized carbons (Fsp3) is 0.286. The van der Waals surface area contributed by atoms with E-state index in [0.717, 1.165) is 50.6 Å². The van der Waals surface area contributed by atoms with Gasteiger partial charge in [0.15, 0.2) is 0 Å². The van der Waals surface area contributed by atoms with Crippen LogP contribution in [0.4, 0.5) is 5.69 Å². The highest BCUT2D eigenvalue weighted by Crippen LogP contribution is 2.33. The second-order valence-electron chi connectivity index (χ2n) is 8.39. The van der Waals surface area contributed by atoms with Gasteiger partial charge in [0, 0.05) is 49.4 Å². The van der Waals surface area contributed by atoms with Gasteiger partial charge < -0.3 is 14.4 Å². The van der Waals surface area contributed by atoms with Gasteiger partial charge in [0.1, 0.15) is 17.6 Å². The standard InChI is InChI=1S/C28H30N2O2S.2ClH/c1-31-26-12-5-4-11-24(26)30-19-17-29(18-20-30)16-15-27(28-14-7-21-33-28)32-25-13-6-9-22-8-2-3-10-23(22)25;;/h2-14,21,27H,15-20H2,1H3;2*1H. The van der Waals surface area contributed by atoms with Gasteiger partial charge in [0.2, 0.25) is 0 Å². The fourth-order valence-corrected chi connectivity index (χ4v) is 5.38. The summed E-state index contributed by atoms with van der Waals surface area (Å²) in [7, 11) is 1.75. The number of nitrogens with zero attached hydrogens (tertiary/aromatic N) is 2. The number of piperazine rings is 1. The van der Waals surface area contributed by atoms with Crippen molar-refractivity contribution >= 4 is 52.6 Å². The smallest absolute Gasteiger partial charge is 0.142 e. The molecule has 7 heteroatoms. The van der Waals surface area contributed by atoms with Crippen LogP contribution in [0.15, 0.2) is 84.2 Å². The van der Waals surface area contributed by atoms with Crippen LogP contribution in [-0.2, 0) is 0 Å². The van der Waals surface area contributed by atoms with E-state index >= 15 is 0 Å². The van der Waals surface area contributed by atoms with Gasteiger partial charge in [-0.05, 0) is 35.0 Å². The van der Waals surface area contributed by atoms with Crippen molar-refractivity contribution in [1.29, 1.82) is 0 Å². The third kappa shape index (κ3) is 6.42. The number of methoxy groups -OCH3 is 1. The van der Waals surface area contributed by atoms with Crippen molar-refractivity contribution in [1.82, 2.24) is 4.90 Å². The van der Waals surface area contributed by atoms with Crippen molar-refractivity contribution < 1.29 is 9.47 Å². The molecule has 35 heavy (non-hydrogen) atoms. The van der Waals surface area contributed by atoms with E-state index in [1.807, 2.05) is 12.1 Å². The van der Waals surface area contributed by atoms with Crippen LogP contribution in [0.25, 0.3) is 10.8 Å². The van der Waals surface area contributed by atoms with Gasteiger partial charge in [-0.25, -0.2) is 0 Å². The Hall–Kier alpha value is -2.44. The number of benzene rings is 3. The lowest BCUT2D eigenvalue weighted by Crippen LogP contribution is -2.47. The first-order valence-corrected chi connectivity index (χ1v) is 12.5. The van der Waals surface area contributed by atoms with Gasteiger partial charge in [0.25, 0.3) is 0 Å². The second-order valence-corrected chi connectivity index (χ2v) is 9.37. The molecule has 0 bridgehead atoms. The van der Waals surface area contributed by atoms with Crippen LogP contribution in [0, 0.1) is 0 Å². The highest BCUT2D eigenvalue weighted by atomic mass is 35.5. The van der Waals surface area contributed by atoms with E-state index in [2.05, 4.69) is 81.9 Å². The van der Waals surface area contributed by atoms with Crippen molar-refractivity contribution in [2.75, 3.05) is 44.7 Å². The summed E-state index contributed by atoms with van der Waals surface area (Å²) in [6, 6.07) is 27.4. The number of rotatable bonds is 8. The molecule has 1 aliphatic heterocycles. The van der Waals surface area contributed by atoms with Crippen LogP contribution in [0.1, 0.15) is 17.4 Å². The molecule has 1 unspecified atom stereocenters. The Morgan fingerprint density at radius 1 is 0.800 bits per heavy atom. The van der Waals surface area contributed by atoms with Gasteiger partial charge in [-0.3, -0.25) is 4.90 Å². The average molecular weight is 532 g/mol. The fourth-order valence-electron chi connectivity index (χ4n) is 4.59. The van der Waals surface area contributed by atoms with E-state index in [-0.39, 0.29) is 30.9 Å². The molecule has 5 rings (SSSR count). The summed E-state index contributed by atoms with van der Waals surface area (Å²) in [5.74, 6) is 1.92. The van der Waals surface area contributed by atoms with Crippen molar-refractivity contribution in [3.05, 3.63) is 89.1 Å². The molecule has 186 valence electrons. The van der Waals surface area contributed by atoms with Crippen LogP contribution in [0.2, 0.25) is 0 Å². The summed E-state index contributed by atoms with van der Waals surface area (Å²) < 4.78 is 12.2. The number of halogens is 2. The van der Waals surface area contributed by atoms with Crippen molar-refractivity contribution in [2.45, 2.75) is 12.5 Å². The van der Waals surface area contributed by atoms with Crippen LogP contribution in [0.5, 0.6) is 11.5 Å². The van der Waals surface area contributed by atoms with Gasteiger partial charge in [-0.15, -0.1) is 36.2 Å². The van der Waals surface area contributed by atoms with Crippen LogP contribution >= 0.6 is 36.2 Å². The molecule has 3 aromatic carbocycles. The van der Waals surface area contributed by atoms with Crippen LogP contribution in [0.3, 0.4) is 0 Å². The number of para-hydroxylation sites is 2. The molecule has 0 spiro atoms. The summed E-state index contributed by atoms with van der Waals surface area (Å²) in [5, 5.41) is 4.53. The molecule has 0 N–H and O–H groups in total. The molecule has 1 atom stereocenters. The Kier molecular flexibility index (Phi) is 10.1. The van der Waals surface area contributed by atoms with Gasteiger partial charge in [-0.1, -0.05) is 54.6 Å². The van der Waals surface area contributed by atoms with E-state index < -0.39 is 0 Å². The molecule has 0 amide bonds. The molecule has 4 nitrogen and oxygen atoms in total. The van der Waals surface area contributed by atoms with Crippen molar-refractivity contribution in [2.24, 2.45) is 0 Å².